The van der Waals surface area contributed by atoms with Crippen molar-refractivity contribution in [1.82, 2.24) is 5.32 Å². The van der Waals surface area contributed by atoms with Gasteiger partial charge in [0.1, 0.15) is 5.60 Å². The van der Waals surface area contributed by atoms with Crippen LogP contribution < -0.4 is 9.88 Å². The molecule has 0 aliphatic rings. The summed E-state index contributed by atoms with van der Waals surface area (Å²) in [6.07, 6.45) is 3.32. The van der Waals surface area contributed by atoms with Crippen molar-refractivity contribution >= 4 is 17.7 Å². The monoisotopic (exact) mass is 257 g/mol. The molecule has 0 saturated carbocycles. The van der Waals surface area contributed by atoms with Gasteiger partial charge in [0.2, 0.25) is 0 Å². The summed E-state index contributed by atoms with van der Waals surface area (Å²) in [7, 11) is 0. The summed E-state index contributed by atoms with van der Waals surface area (Å²) in [6, 6.07) is 3.60. The molecule has 1 heterocycles. The van der Waals surface area contributed by atoms with Gasteiger partial charge < -0.3 is 10.1 Å². The summed E-state index contributed by atoms with van der Waals surface area (Å²) in [5.74, 6) is 0. The second-order valence-electron chi connectivity index (χ2n) is 4.68. The fourth-order valence-corrected chi connectivity index (χ4v) is 1.30. The molecule has 1 aromatic rings. The van der Waals surface area contributed by atoms with Crippen molar-refractivity contribution in [3.63, 3.8) is 0 Å². The Bertz CT molecular complexity index is 371. The van der Waals surface area contributed by atoms with E-state index in [1.165, 1.54) is 0 Å². The number of alkyl carbamates (subject to hydrolysis) is 1. The van der Waals surface area contributed by atoms with Gasteiger partial charge in [0, 0.05) is 12.1 Å². The van der Waals surface area contributed by atoms with Gasteiger partial charge in [-0.25, -0.2) is 9.36 Å². The third-order valence-corrected chi connectivity index (χ3v) is 2.14. The van der Waals surface area contributed by atoms with Gasteiger partial charge in [0.15, 0.2) is 18.9 Å². The van der Waals surface area contributed by atoms with Crippen molar-refractivity contribution in [1.29, 1.82) is 0 Å². The zero-order valence-electron chi connectivity index (χ0n) is 10.4. The summed E-state index contributed by atoms with van der Waals surface area (Å²) in [6.45, 7) is 6.69. The molecule has 17 heavy (non-hydrogen) atoms. The van der Waals surface area contributed by atoms with Crippen LogP contribution in [0.1, 0.15) is 20.8 Å². The molecular formula is C12H18ClN2O2+. The molecule has 1 amide bonds. The van der Waals surface area contributed by atoms with E-state index in [9.17, 15) is 4.79 Å². The number of nitrogens with one attached hydrogen (secondary N) is 1. The van der Waals surface area contributed by atoms with E-state index in [0.717, 1.165) is 0 Å². The molecule has 1 rings (SSSR count). The Morgan fingerprint density at radius 2 is 2.00 bits per heavy atom. The van der Waals surface area contributed by atoms with Crippen LogP contribution in [0.2, 0.25) is 5.02 Å². The topological polar surface area (TPSA) is 42.2 Å². The minimum Gasteiger partial charge on any atom is -0.444 e. The van der Waals surface area contributed by atoms with E-state index in [4.69, 9.17) is 16.3 Å². The van der Waals surface area contributed by atoms with E-state index < -0.39 is 11.7 Å². The lowest BCUT2D eigenvalue weighted by Gasteiger charge is -2.19. The molecule has 0 bridgehead atoms. The first-order chi connectivity index (χ1) is 7.87. The molecule has 4 nitrogen and oxygen atoms in total. The number of hydrogen-bond donors (Lipinski definition) is 1. The van der Waals surface area contributed by atoms with Gasteiger partial charge in [-0.1, -0.05) is 11.6 Å². The second kappa shape index (κ2) is 5.87. The third-order valence-electron chi connectivity index (χ3n) is 1.89. The molecule has 0 spiro atoms. The molecule has 94 valence electrons. The number of amides is 1. The highest BCUT2D eigenvalue weighted by Gasteiger charge is 2.15. The first-order valence-electron chi connectivity index (χ1n) is 5.48. The minimum absolute atomic E-state index is 0.396. The smallest absolute Gasteiger partial charge is 0.407 e. The third kappa shape index (κ3) is 6.12. The number of rotatable bonds is 3. The lowest BCUT2D eigenvalue weighted by atomic mass is 10.2. The maximum atomic E-state index is 11.3. The van der Waals surface area contributed by atoms with Crippen molar-refractivity contribution in [3.05, 3.63) is 29.5 Å². The molecule has 1 aromatic heterocycles. The van der Waals surface area contributed by atoms with Gasteiger partial charge in [0.05, 0.1) is 11.6 Å². The van der Waals surface area contributed by atoms with Gasteiger partial charge >= 0.3 is 6.09 Å². The number of carbonyl (C=O) groups excluding carboxylic acids is 1. The first-order valence-corrected chi connectivity index (χ1v) is 5.86. The van der Waals surface area contributed by atoms with Gasteiger partial charge in [-0.3, -0.25) is 0 Å². The van der Waals surface area contributed by atoms with Gasteiger partial charge in [-0.15, -0.1) is 0 Å². The highest BCUT2D eigenvalue weighted by atomic mass is 35.5. The van der Waals surface area contributed by atoms with Crippen molar-refractivity contribution in [3.8, 4) is 0 Å². The van der Waals surface area contributed by atoms with E-state index in [-0.39, 0.29) is 0 Å². The maximum absolute atomic E-state index is 11.3. The Hall–Kier alpha value is -1.29. The fourth-order valence-electron chi connectivity index (χ4n) is 1.19. The summed E-state index contributed by atoms with van der Waals surface area (Å²) in [4.78, 5) is 11.3. The quantitative estimate of drug-likeness (QED) is 0.843. The number of ether oxygens (including phenoxy) is 1. The molecular weight excluding hydrogens is 240 g/mol. The lowest BCUT2D eigenvalue weighted by Crippen LogP contribution is -2.41. The molecule has 0 atom stereocenters. The molecule has 0 unspecified atom stereocenters. The summed E-state index contributed by atoms with van der Waals surface area (Å²) >= 11 is 5.77. The molecule has 1 N–H and O–H groups in total. The second-order valence-corrected chi connectivity index (χ2v) is 5.12. The fraction of sp³-hybridized carbons (Fsp3) is 0.500. The van der Waals surface area contributed by atoms with Gasteiger partial charge in [-0.2, -0.15) is 0 Å². The van der Waals surface area contributed by atoms with E-state index in [0.29, 0.717) is 18.1 Å². The van der Waals surface area contributed by atoms with E-state index in [1.54, 1.807) is 12.1 Å². The molecule has 0 aromatic carbocycles. The first kappa shape index (κ1) is 13.8. The zero-order chi connectivity index (χ0) is 12.9. The van der Waals surface area contributed by atoms with Gasteiger partial charge in [0.25, 0.3) is 0 Å². The van der Waals surface area contributed by atoms with Crippen molar-refractivity contribution in [2.75, 3.05) is 6.54 Å². The van der Waals surface area contributed by atoms with E-state index in [2.05, 4.69) is 5.32 Å². The predicted molar refractivity (Wildman–Crippen MR) is 65.9 cm³/mol. The van der Waals surface area contributed by atoms with Crippen LogP contribution in [0.5, 0.6) is 0 Å². The van der Waals surface area contributed by atoms with E-state index >= 15 is 0 Å². The van der Waals surface area contributed by atoms with Crippen LogP contribution in [0.15, 0.2) is 24.5 Å². The van der Waals surface area contributed by atoms with Crippen molar-refractivity contribution in [2.24, 2.45) is 0 Å². The molecule has 0 aliphatic heterocycles. The lowest BCUT2D eigenvalue weighted by molar-refractivity contribution is -0.694. The average Bonchev–Trinajstić information content (AvgIpc) is 2.18. The highest BCUT2D eigenvalue weighted by Crippen LogP contribution is 2.06. The van der Waals surface area contributed by atoms with Crippen LogP contribution >= 0.6 is 11.6 Å². The Morgan fingerprint density at radius 1 is 1.41 bits per heavy atom. The molecule has 0 radical (unpaired) electrons. The average molecular weight is 258 g/mol. The number of aromatic nitrogens is 1. The SMILES string of the molecule is CC(C)(C)OC(=O)NCC[n+]1ccc(Cl)cc1. The summed E-state index contributed by atoms with van der Waals surface area (Å²) < 4.78 is 7.05. The molecule has 5 heteroatoms. The van der Waals surface area contributed by atoms with Crippen LogP contribution in [0, 0.1) is 0 Å². The number of carbonyl (C=O) groups is 1. The Morgan fingerprint density at radius 3 is 2.53 bits per heavy atom. The number of nitrogens with zero attached hydrogens (tertiary/aromatic N) is 1. The normalized spacial score (nSPS) is 11.1. The highest BCUT2D eigenvalue weighted by molar-refractivity contribution is 6.30. The Balaban J connectivity index is 2.28. The molecule has 0 fully saturated rings. The van der Waals surface area contributed by atoms with Crippen LogP contribution in [0.25, 0.3) is 0 Å². The number of hydrogen-bond acceptors (Lipinski definition) is 2. The maximum Gasteiger partial charge on any atom is 0.407 e. The predicted octanol–water partition coefficient (Wildman–Crippen LogP) is 2.15. The number of halogens is 1. The Kier molecular flexibility index (Phi) is 4.75. The van der Waals surface area contributed by atoms with Crippen LogP contribution in [0.4, 0.5) is 4.79 Å². The Labute approximate surface area is 107 Å². The largest absolute Gasteiger partial charge is 0.444 e. The van der Waals surface area contributed by atoms with Crippen LogP contribution in [-0.4, -0.2) is 18.2 Å². The van der Waals surface area contributed by atoms with Crippen molar-refractivity contribution in [2.45, 2.75) is 32.9 Å². The van der Waals surface area contributed by atoms with Crippen LogP contribution in [0.3, 0.4) is 0 Å². The summed E-state index contributed by atoms with van der Waals surface area (Å²) in [5.41, 5.74) is -0.461. The van der Waals surface area contributed by atoms with Gasteiger partial charge in [-0.05, 0) is 20.8 Å². The molecule has 0 aliphatic carbocycles. The van der Waals surface area contributed by atoms with Crippen LogP contribution in [-0.2, 0) is 11.3 Å². The standard InChI is InChI=1S/C12H17ClN2O2/c1-12(2,3)17-11(16)14-6-9-15-7-4-10(13)5-8-15/h4-5,7-8H,6,9H2,1-3H3/p+1. The van der Waals surface area contributed by atoms with Crippen molar-refractivity contribution < 1.29 is 14.1 Å². The zero-order valence-corrected chi connectivity index (χ0v) is 11.1. The minimum atomic E-state index is -0.461. The number of pyridine rings is 1. The van der Waals surface area contributed by atoms with E-state index in [1.807, 2.05) is 37.7 Å². The molecule has 0 saturated heterocycles. The summed E-state index contributed by atoms with van der Waals surface area (Å²) in [5, 5.41) is 3.38.